The zero-order chi connectivity index (χ0) is 22.9. The molecule has 4 nitrogen and oxygen atoms in total. The van der Waals surface area contributed by atoms with Crippen molar-refractivity contribution in [3.63, 3.8) is 0 Å². The molecule has 6 fully saturated rings. The van der Waals surface area contributed by atoms with Gasteiger partial charge in [-0.05, 0) is 99.7 Å². The molecule has 6 aliphatic rings. The second-order valence-corrected chi connectivity index (χ2v) is 14.0. The predicted octanol–water partition coefficient (Wildman–Crippen LogP) is 5.51. The third-order valence-corrected chi connectivity index (χ3v) is 12.4. The number of Topliss-reactive ketones (excluding diaryl/α,β-unsaturated/α-hetero) is 1. The van der Waals surface area contributed by atoms with E-state index in [-0.39, 0.29) is 23.0 Å². The van der Waals surface area contributed by atoms with Crippen LogP contribution in [-0.4, -0.2) is 34.0 Å². The van der Waals surface area contributed by atoms with E-state index in [1.165, 1.54) is 25.7 Å². The summed E-state index contributed by atoms with van der Waals surface area (Å²) >= 11 is 0. The first-order valence-electron chi connectivity index (χ1n) is 13.5. The second-order valence-electron chi connectivity index (χ2n) is 14.0. The standard InChI is InChI=1S/C28H44O4/c1-16-15-28(32-24(16,2)3)27(6,30)23-22(31-28)14-21-19-8-7-17-13-18(29)9-11-25(17,4)20(19)10-12-26(21,23)5/h16-17,19-23,30H,7-15H2,1-6H3/t16-,17-,19+,20-,21-,22-,23-,25-,26-,27+,28-/m0/s1. The van der Waals surface area contributed by atoms with Gasteiger partial charge in [0.25, 0.3) is 0 Å². The van der Waals surface area contributed by atoms with Gasteiger partial charge in [-0.15, -0.1) is 0 Å². The quantitative estimate of drug-likeness (QED) is 0.536. The summed E-state index contributed by atoms with van der Waals surface area (Å²) in [6, 6.07) is 0. The van der Waals surface area contributed by atoms with Crippen LogP contribution in [0, 0.1) is 46.3 Å². The maximum atomic E-state index is 12.2. The molecule has 6 rings (SSSR count). The smallest absolute Gasteiger partial charge is 0.198 e. The number of carbonyl (C=O) groups is 1. The van der Waals surface area contributed by atoms with Gasteiger partial charge < -0.3 is 14.6 Å². The molecule has 2 heterocycles. The Kier molecular flexibility index (Phi) is 4.41. The first kappa shape index (κ1) is 22.0. The number of aliphatic hydroxyl groups is 1. The van der Waals surface area contributed by atoms with E-state index in [9.17, 15) is 9.90 Å². The zero-order valence-corrected chi connectivity index (χ0v) is 21.1. The molecule has 1 N–H and O–H groups in total. The van der Waals surface area contributed by atoms with E-state index in [1.807, 2.05) is 6.92 Å². The normalized spacial score (nSPS) is 60.7. The van der Waals surface area contributed by atoms with Crippen molar-refractivity contribution in [3.05, 3.63) is 0 Å². The van der Waals surface area contributed by atoms with Gasteiger partial charge in [-0.2, -0.15) is 0 Å². The highest BCUT2D eigenvalue weighted by atomic mass is 16.7. The SMILES string of the molecule is C[C@H]1C[C@]2(O[C@H]3C[C@H]4[C@@H]5CC[C@H]6CC(=O)CC[C@]6(C)[C@H]5CC[C@]4(C)[C@H]3[C@@]2(C)O)OC1(C)C. The molecule has 0 amide bonds. The van der Waals surface area contributed by atoms with Crippen LogP contribution in [0.15, 0.2) is 0 Å². The molecule has 1 spiro atoms. The third-order valence-electron chi connectivity index (χ3n) is 12.4. The molecule has 0 radical (unpaired) electrons. The van der Waals surface area contributed by atoms with Crippen molar-refractivity contribution in [2.24, 2.45) is 46.3 Å². The lowest BCUT2D eigenvalue weighted by molar-refractivity contribution is -0.299. The minimum atomic E-state index is -0.964. The fourth-order valence-corrected chi connectivity index (χ4v) is 10.4. The van der Waals surface area contributed by atoms with E-state index in [1.54, 1.807) is 0 Å². The minimum Gasteiger partial charge on any atom is -0.384 e. The lowest BCUT2D eigenvalue weighted by atomic mass is 9.44. The van der Waals surface area contributed by atoms with Crippen LogP contribution in [0.3, 0.4) is 0 Å². The number of carbonyl (C=O) groups excluding carboxylic acids is 1. The first-order valence-corrected chi connectivity index (χ1v) is 13.5. The van der Waals surface area contributed by atoms with Crippen molar-refractivity contribution in [2.75, 3.05) is 0 Å². The topological polar surface area (TPSA) is 55.8 Å². The molecule has 11 atom stereocenters. The maximum absolute atomic E-state index is 12.2. The van der Waals surface area contributed by atoms with Gasteiger partial charge in [0.15, 0.2) is 5.79 Å². The highest BCUT2D eigenvalue weighted by Crippen LogP contribution is 2.72. The summed E-state index contributed by atoms with van der Waals surface area (Å²) in [5, 5.41) is 12.1. The predicted molar refractivity (Wildman–Crippen MR) is 123 cm³/mol. The molecule has 0 unspecified atom stereocenters. The Morgan fingerprint density at radius 1 is 0.969 bits per heavy atom. The Balaban J connectivity index is 1.31. The van der Waals surface area contributed by atoms with Crippen LogP contribution in [0.25, 0.3) is 0 Å². The minimum absolute atomic E-state index is 0.0957. The van der Waals surface area contributed by atoms with Crippen LogP contribution < -0.4 is 0 Å². The number of fused-ring (bicyclic) bond motifs is 7. The summed E-state index contributed by atoms with van der Waals surface area (Å²) in [5.41, 5.74) is -0.805. The summed E-state index contributed by atoms with van der Waals surface area (Å²) in [7, 11) is 0. The Labute approximate surface area is 194 Å². The molecule has 2 saturated heterocycles. The molecule has 180 valence electrons. The number of rotatable bonds is 0. The molecule has 2 aliphatic heterocycles. The fourth-order valence-electron chi connectivity index (χ4n) is 10.4. The van der Waals surface area contributed by atoms with E-state index in [0.717, 1.165) is 38.0 Å². The van der Waals surface area contributed by atoms with Crippen molar-refractivity contribution >= 4 is 5.78 Å². The van der Waals surface area contributed by atoms with Crippen LogP contribution in [0.2, 0.25) is 0 Å². The van der Waals surface area contributed by atoms with Gasteiger partial charge in [0, 0.05) is 25.2 Å². The number of hydrogen-bond acceptors (Lipinski definition) is 4. The summed E-state index contributed by atoms with van der Waals surface area (Å²) < 4.78 is 13.4. The molecular weight excluding hydrogens is 400 g/mol. The van der Waals surface area contributed by atoms with Gasteiger partial charge in [-0.25, -0.2) is 0 Å². The van der Waals surface area contributed by atoms with E-state index >= 15 is 0 Å². The molecule has 0 aromatic carbocycles. The maximum Gasteiger partial charge on any atom is 0.198 e. The molecule has 4 heteroatoms. The van der Waals surface area contributed by atoms with Gasteiger partial charge in [0.2, 0.25) is 0 Å². The molecule has 4 aliphatic carbocycles. The summed E-state index contributed by atoms with van der Waals surface area (Å²) in [6.45, 7) is 13.5. The highest BCUT2D eigenvalue weighted by molar-refractivity contribution is 5.79. The zero-order valence-electron chi connectivity index (χ0n) is 21.1. The Morgan fingerprint density at radius 2 is 1.72 bits per heavy atom. The largest absolute Gasteiger partial charge is 0.384 e. The molecule has 4 saturated carbocycles. The van der Waals surface area contributed by atoms with Crippen LogP contribution >= 0.6 is 0 Å². The van der Waals surface area contributed by atoms with E-state index < -0.39 is 11.4 Å². The Bertz CT molecular complexity index is 833. The van der Waals surface area contributed by atoms with Crippen LogP contribution in [0.1, 0.15) is 99.3 Å². The fraction of sp³-hybridized carbons (Fsp3) is 0.964. The second kappa shape index (κ2) is 6.40. The van der Waals surface area contributed by atoms with E-state index in [0.29, 0.717) is 34.9 Å². The lowest BCUT2D eigenvalue weighted by Gasteiger charge is -2.61. The van der Waals surface area contributed by atoms with E-state index in [4.69, 9.17) is 9.47 Å². The van der Waals surface area contributed by atoms with Gasteiger partial charge in [-0.1, -0.05) is 20.8 Å². The van der Waals surface area contributed by atoms with Gasteiger partial charge in [0.1, 0.15) is 11.4 Å². The highest BCUT2D eigenvalue weighted by Gasteiger charge is 2.76. The Hall–Kier alpha value is -0.450. The monoisotopic (exact) mass is 444 g/mol. The van der Waals surface area contributed by atoms with Crippen LogP contribution in [0.5, 0.6) is 0 Å². The lowest BCUT2D eigenvalue weighted by Crippen LogP contribution is -2.59. The van der Waals surface area contributed by atoms with Gasteiger partial charge in [-0.3, -0.25) is 4.79 Å². The van der Waals surface area contributed by atoms with Gasteiger partial charge in [0.05, 0.1) is 11.7 Å². The van der Waals surface area contributed by atoms with Crippen molar-refractivity contribution in [2.45, 2.75) is 122 Å². The number of ether oxygens (including phenoxy) is 2. The molecular formula is C28H44O4. The van der Waals surface area contributed by atoms with Gasteiger partial charge >= 0.3 is 0 Å². The number of ketones is 1. The van der Waals surface area contributed by atoms with Crippen molar-refractivity contribution in [1.29, 1.82) is 0 Å². The van der Waals surface area contributed by atoms with Crippen LogP contribution in [-0.2, 0) is 14.3 Å². The third kappa shape index (κ3) is 2.53. The van der Waals surface area contributed by atoms with Crippen molar-refractivity contribution < 1.29 is 19.4 Å². The molecule has 32 heavy (non-hydrogen) atoms. The summed E-state index contributed by atoms with van der Waals surface area (Å²) in [6.07, 6.45) is 9.52. The van der Waals surface area contributed by atoms with Crippen LogP contribution in [0.4, 0.5) is 0 Å². The van der Waals surface area contributed by atoms with E-state index in [2.05, 4.69) is 34.6 Å². The average molecular weight is 445 g/mol. The van der Waals surface area contributed by atoms with Crippen molar-refractivity contribution in [1.82, 2.24) is 0 Å². The average Bonchev–Trinajstić information content (AvgIpc) is 3.20. The summed E-state index contributed by atoms with van der Waals surface area (Å²) in [5.74, 6) is 2.78. The molecule has 0 bridgehead atoms. The first-order chi connectivity index (χ1) is 14.8. The molecule has 0 aromatic heterocycles. The molecule has 0 aromatic rings. The number of hydrogen-bond donors (Lipinski definition) is 1. The summed E-state index contributed by atoms with van der Waals surface area (Å²) in [4.78, 5) is 12.2. The Morgan fingerprint density at radius 3 is 2.41 bits per heavy atom. The van der Waals surface area contributed by atoms with Crippen molar-refractivity contribution in [3.8, 4) is 0 Å².